The summed E-state index contributed by atoms with van der Waals surface area (Å²) in [5.41, 5.74) is 3.02. The number of rotatable bonds is 5. The molecule has 3 aromatic carbocycles. The van der Waals surface area contributed by atoms with E-state index in [1.807, 2.05) is 49.4 Å². The summed E-state index contributed by atoms with van der Waals surface area (Å²) in [5.74, 6) is 0.570. The van der Waals surface area contributed by atoms with Gasteiger partial charge in [0.2, 0.25) is 11.2 Å². The van der Waals surface area contributed by atoms with Crippen LogP contribution >= 0.6 is 23.2 Å². The topological polar surface area (TPSA) is 39.4 Å². The van der Waals surface area contributed by atoms with E-state index in [-0.39, 0.29) is 17.8 Å². The van der Waals surface area contributed by atoms with Crippen molar-refractivity contribution in [2.24, 2.45) is 0 Å². The lowest BCUT2D eigenvalue weighted by molar-refractivity contribution is 0.298. The Morgan fingerprint density at radius 3 is 2.14 bits per heavy atom. The van der Waals surface area contributed by atoms with Crippen LogP contribution in [0.2, 0.25) is 10.0 Å². The fraction of sp³-hybridized carbons (Fsp3) is 0.125. The Morgan fingerprint density at radius 2 is 1.48 bits per heavy atom. The number of aryl methyl sites for hydroxylation is 1. The number of fused-ring (bicyclic) bond motifs is 1. The minimum absolute atomic E-state index is 0.183. The van der Waals surface area contributed by atoms with Crippen molar-refractivity contribution < 1.29 is 9.15 Å². The molecule has 0 saturated carbocycles. The monoisotopic (exact) mass is 424 g/mol. The van der Waals surface area contributed by atoms with Crippen LogP contribution in [0.3, 0.4) is 0 Å². The van der Waals surface area contributed by atoms with Crippen LogP contribution in [0.15, 0.2) is 75.9 Å². The molecule has 0 radical (unpaired) electrons. The lowest BCUT2D eigenvalue weighted by Gasteiger charge is -2.12. The van der Waals surface area contributed by atoms with Crippen molar-refractivity contribution in [2.75, 3.05) is 0 Å². The van der Waals surface area contributed by atoms with Crippen molar-refractivity contribution in [2.45, 2.75) is 20.0 Å². The van der Waals surface area contributed by atoms with Crippen molar-refractivity contribution in [1.29, 1.82) is 0 Å². The largest absolute Gasteiger partial charge is 0.481 e. The summed E-state index contributed by atoms with van der Waals surface area (Å²) >= 11 is 12.0. The fourth-order valence-electron chi connectivity index (χ4n) is 3.10. The predicted octanol–water partition coefficient (Wildman–Crippen LogP) is 6.91. The average molecular weight is 425 g/mol. The van der Waals surface area contributed by atoms with E-state index >= 15 is 0 Å². The van der Waals surface area contributed by atoms with Crippen LogP contribution in [0, 0.1) is 0 Å². The smallest absolute Gasteiger partial charge is 0.235 e. The van der Waals surface area contributed by atoms with Crippen LogP contribution < -0.4 is 10.2 Å². The molecule has 0 aliphatic carbocycles. The number of hydrogen-bond acceptors (Lipinski definition) is 3. The minimum atomic E-state index is -0.194. The van der Waals surface area contributed by atoms with Crippen LogP contribution in [0.5, 0.6) is 5.75 Å². The molecule has 29 heavy (non-hydrogen) atoms. The molecular weight excluding hydrogens is 407 g/mol. The quantitative estimate of drug-likeness (QED) is 0.349. The van der Waals surface area contributed by atoms with E-state index < -0.39 is 0 Å². The van der Waals surface area contributed by atoms with Gasteiger partial charge in [0, 0.05) is 15.6 Å². The molecule has 0 atom stereocenters. The van der Waals surface area contributed by atoms with Crippen molar-refractivity contribution in [3.05, 3.63) is 98.1 Å². The SMILES string of the molecule is CCc1ccc2oc(-c3ccc(Cl)cc3)c(OCc3ccc(Cl)cc3)c(=O)c2c1. The summed E-state index contributed by atoms with van der Waals surface area (Å²) in [4.78, 5) is 13.3. The molecule has 0 unspecified atom stereocenters. The van der Waals surface area contributed by atoms with Crippen LogP contribution in [0.1, 0.15) is 18.1 Å². The first-order chi connectivity index (χ1) is 14.0. The van der Waals surface area contributed by atoms with Crippen molar-refractivity contribution in [3.8, 4) is 17.1 Å². The Bertz CT molecular complexity index is 1210. The molecule has 0 aliphatic heterocycles. The highest BCUT2D eigenvalue weighted by Crippen LogP contribution is 2.32. The molecule has 0 amide bonds. The Morgan fingerprint density at radius 1 is 0.862 bits per heavy atom. The summed E-state index contributed by atoms with van der Waals surface area (Å²) in [6.07, 6.45) is 0.829. The molecule has 4 rings (SSSR count). The van der Waals surface area contributed by atoms with Gasteiger partial charge < -0.3 is 9.15 Å². The first-order valence-corrected chi connectivity index (χ1v) is 10.0. The maximum Gasteiger partial charge on any atom is 0.235 e. The van der Waals surface area contributed by atoms with E-state index in [0.717, 1.165) is 23.1 Å². The summed E-state index contributed by atoms with van der Waals surface area (Å²) in [6, 6.07) is 20.1. The zero-order valence-corrected chi connectivity index (χ0v) is 17.3. The molecule has 0 N–H and O–H groups in total. The highest BCUT2D eigenvalue weighted by molar-refractivity contribution is 6.30. The summed E-state index contributed by atoms with van der Waals surface area (Å²) in [6.45, 7) is 2.27. The van der Waals surface area contributed by atoms with E-state index in [1.165, 1.54) is 0 Å². The minimum Gasteiger partial charge on any atom is -0.481 e. The third-order valence-corrected chi connectivity index (χ3v) is 5.23. The molecule has 0 aliphatic rings. The molecule has 0 spiro atoms. The average Bonchev–Trinajstić information content (AvgIpc) is 2.74. The fourth-order valence-corrected chi connectivity index (χ4v) is 3.36. The maximum absolute atomic E-state index is 13.3. The van der Waals surface area contributed by atoms with Gasteiger partial charge in [-0.15, -0.1) is 0 Å². The van der Waals surface area contributed by atoms with Gasteiger partial charge in [-0.1, -0.05) is 48.3 Å². The second-order valence-electron chi connectivity index (χ2n) is 6.70. The van der Waals surface area contributed by atoms with Crippen LogP contribution in [0.25, 0.3) is 22.3 Å². The van der Waals surface area contributed by atoms with Crippen molar-refractivity contribution in [3.63, 3.8) is 0 Å². The number of benzene rings is 3. The molecule has 3 nitrogen and oxygen atoms in total. The molecule has 0 bridgehead atoms. The molecular formula is C24H18Cl2O3. The van der Waals surface area contributed by atoms with Gasteiger partial charge in [-0.3, -0.25) is 4.79 Å². The van der Waals surface area contributed by atoms with Crippen LogP contribution in [0.4, 0.5) is 0 Å². The molecule has 0 fully saturated rings. The van der Waals surface area contributed by atoms with E-state index in [2.05, 4.69) is 0 Å². The third-order valence-electron chi connectivity index (χ3n) is 4.72. The van der Waals surface area contributed by atoms with Crippen molar-refractivity contribution >= 4 is 34.2 Å². The first kappa shape index (κ1) is 19.6. The highest BCUT2D eigenvalue weighted by Gasteiger charge is 2.18. The summed E-state index contributed by atoms with van der Waals surface area (Å²) in [5, 5.41) is 1.76. The predicted molar refractivity (Wildman–Crippen MR) is 118 cm³/mol. The normalized spacial score (nSPS) is 11.0. The first-order valence-electron chi connectivity index (χ1n) is 9.28. The van der Waals surface area contributed by atoms with Crippen LogP contribution in [-0.2, 0) is 13.0 Å². The number of hydrogen-bond donors (Lipinski definition) is 0. The second kappa shape index (κ2) is 8.32. The Hall–Kier alpha value is -2.75. The van der Waals surface area contributed by atoms with Gasteiger partial charge in [-0.05, 0) is 66.1 Å². The van der Waals surface area contributed by atoms with Gasteiger partial charge in [-0.25, -0.2) is 0 Å². The highest BCUT2D eigenvalue weighted by atomic mass is 35.5. The van der Waals surface area contributed by atoms with E-state index in [9.17, 15) is 4.79 Å². The van der Waals surface area contributed by atoms with Crippen molar-refractivity contribution in [1.82, 2.24) is 0 Å². The molecule has 1 heterocycles. The Balaban J connectivity index is 1.84. The molecule has 0 saturated heterocycles. The van der Waals surface area contributed by atoms with Crippen LogP contribution in [-0.4, -0.2) is 0 Å². The van der Waals surface area contributed by atoms with Gasteiger partial charge >= 0.3 is 0 Å². The Labute approximate surface area is 178 Å². The Kier molecular flexibility index (Phi) is 5.61. The molecule has 146 valence electrons. The lowest BCUT2D eigenvalue weighted by atomic mass is 10.1. The van der Waals surface area contributed by atoms with Gasteiger partial charge in [-0.2, -0.15) is 0 Å². The van der Waals surface area contributed by atoms with Gasteiger partial charge in [0.15, 0.2) is 5.76 Å². The second-order valence-corrected chi connectivity index (χ2v) is 7.57. The zero-order chi connectivity index (χ0) is 20.4. The third kappa shape index (κ3) is 4.16. The number of halogens is 2. The van der Waals surface area contributed by atoms with E-state index in [0.29, 0.717) is 26.8 Å². The van der Waals surface area contributed by atoms with Gasteiger partial charge in [0.25, 0.3) is 0 Å². The lowest BCUT2D eigenvalue weighted by Crippen LogP contribution is -2.10. The van der Waals surface area contributed by atoms with E-state index in [4.69, 9.17) is 32.4 Å². The standard InChI is InChI=1S/C24H18Cl2O3/c1-2-15-5-12-21-20(13-15)22(27)24(28-14-16-3-8-18(25)9-4-16)23(29-21)17-6-10-19(26)11-7-17/h3-13H,2,14H2,1H3. The zero-order valence-electron chi connectivity index (χ0n) is 15.7. The molecule has 5 heteroatoms. The molecule has 1 aromatic heterocycles. The number of ether oxygens (including phenoxy) is 1. The molecule has 4 aromatic rings. The van der Waals surface area contributed by atoms with Gasteiger partial charge in [0.1, 0.15) is 12.2 Å². The summed E-state index contributed by atoms with van der Waals surface area (Å²) < 4.78 is 12.1. The maximum atomic E-state index is 13.3. The van der Waals surface area contributed by atoms with Gasteiger partial charge in [0.05, 0.1) is 5.39 Å². The van der Waals surface area contributed by atoms with E-state index in [1.54, 1.807) is 24.3 Å². The summed E-state index contributed by atoms with van der Waals surface area (Å²) in [7, 11) is 0.